The van der Waals surface area contributed by atoms with Crippen LogP contribution in [0.2, 0.25) is 0 Å². The molecule has 20 heavy (non-hydrogen) atoms. The topological polar surface area (TPSA) is 82.3 Å². The highest BCUT2D eigenvalue weighted by atomic mass is 16.5. The Balaban J connectivity index is 1.79. The molecule has 1 saturated carbocycles. The first kappa shape index (κ1) is 14.4. The first-order valence-corrected chi connectivity index (χ1v) is 6.74. The lowest BCUT2D eigenvalue weighted by atomic mass is 10.0. The standard InChI is InChI=1S/C15H18N2O3/c16-9-12-5-1-2-6-13(12)20-10-14(18)17-11-15(19)7-3-4-8-15/h1-2,5-6,19H,3-4,7-8,10-11H2,(H,17,18). The van der Waals surface area contributed by atoms with Gasteiger partial charge in [-0.3, -0.25) is 4.79 Å². The molecule has 0 bridgehead atoms. The quantitative estimate of drug-likeness (QED) is 0.849. The van der Waals surface area contributed by atoms with Crippen LogP contribution in [-0.2, 0) is 4.79 Å². The van der Waals surface area contributed by atoms with Crippen LogP contribution in [0.15, 0.2) is 24.3 Å². The zero-order valence-electron chi connectivity index (χ0n) is 11.3. The maximum Gasteiger partial charge on any atom is 0.258 e. The smallest absolute Gasteiger partial charge is 0.258 e. The Labute approximate surface area is 118 Å². The number of carbonyl (C=O) groups excluding carboxylic acids is 1. The van der Waals surface area contributed by atoms with Crippen molar-refractivity contribution in [1.82, 2.24) is 5.32 Å². The molecule has 1 aliphatic carbocycles. The number of aliphatic hydroxyl groups is 1. The van der Waals surface area contributed by atoms with Gasteiger partial charge in [-0.15, -0.1) is 0 Å². The second kappa shape index (κ2) is 6.40. The molecule has 5 heteroatoms. The van der Waals surface area contributed by atoms with Crippen LogP contribution in [0.5, 0.6) is 5.75 Å². The number of ether oxygens (including phenoxy) is 1. The molecular formula is C15H18N2O3. The molecule has 0 heterocycles. The molecule has 0 atom stereocenters. The SMILES string of the molecule is N#Cc1ccccc1OCC(=O)NCC1(O)CCCC1. The van der Waals surface area contributed by atoms with Gasteiger partial charge in [-0.05, 0) is 25.0 Å². The Kier molecular flexibility index (Phi) is 4.59. The molecule has 0 aliphatic heterocycles. The monoisotopic (exact) mass is 274 g/mol. The Morgan fingerprint density at radius 2 is 2.10 bits per heavy atom. The molecule has 0 aromatic heterocycles. The lowest BCUT2D eigenvalue weighted by Gasteiger charge is -2.22. The van der Waals surface area contributed by atoms with Crippen molar-refractivity contribution in [2.75, 3.05) is 13.2 Å². The second-order valence-electron chi connectivity index (χ2n) is 5.10. The molecule has 1 fully saturated rings. The second-order valence-corrected chi connectivity index (χ2v) is 5.10. The number of rotatable bonds is 5. The van der Waals surface area contributed by atoms with Crippen LogP contribution >= 0.6 is 0 Å². The molecule has 2 rings (SSSR count). The molecular weight excluding hydrogens is 256 g/mol. The molecule has 0 radical (unpaired) electrons. The summed E-state index contributed by atoms with van der Waals surface area (Å²) in [6.07, 6.45) is 3.45. The molecule has 0 saturated heterocycles. The third kappa shape index (κ3) is 3.72. The van der Waals surface area contributed by atoms with Crippen LogP contribution in [-0.4, -0.2) is 29.8 Å². The lowest BCUT2D eigenvalue weighted by molar-refractivity contribution is -0.124. The summed E-state index contributed by atoms with van der Waals surface area (Å²) >= 11 is 0. The number of benzene rings is 1. The zero-order valence-corrected chi connectivity index (χ0v) is 11.3. The lowest BCUT2D eigenvalue weighted by Crippen LogP contribution is -2.42. The zero-order chi connectivity index (χ0) is 14.4. The maximum absolute atomic E-state index is 11.7. The number of nitriles is 1. The van der Waals surface area contributed by atoms with Gasteiger partial charge in [0.15, 0.2) is 6.61 Å². The Morgan fingerprint density at radius 3 is 2.80 bits per heavy atom. The highest BCUT2D eigenvalue weighted by Crippen LogP contribution is 2.28. The first-order valence-electron chi connectivity index (χ1n) is 6.74. The maximum atomic E-state index is 11.7. The van der Waals surface area contributed by atoms with E-state index in [1.54, 1.807) is 24.3 Å². The predicted molar refractivity (Wildman–Crippen MR) is 73.1 cm³/mol. The fraction of sp³-hybridized carbons (Fsp3) is 0.467. The van der Waals surface area contributed by atoms with E-state index in [-0.39, 0.29) is 19.1 Å². The number of carbonyl (C=O) groups is 1. The number of para-hydroxylation sites is 1. The van der Waals surface area contributed by atoms with Gasteiger partial charge >= 0.3 is 0 Å². The molecule has 0 unspecified atom stereocenters. The van der Waals surface area contributed by atoms with Crippen LogP contribution in [0.25, 0.3) is 0 Å². The minimum Gasteiger partial charge on any atom is -0.482 e. The summed E-state index contributed by atoms with van der Waals surface area (Å²) in [5, 5.41) is 21.7. The number of hydrogen-bond donors (Lipinski definition) is 2. The van der Waals surface area contributed by atoms with E-state index in [0.29, 0.717) is 11.3 Å². The summed E-state index contributed by atoms with van der Waals surface area (Å²) < 4.78 is 5.32. The molecule has 2 N–H and O–H groups in total. The third-order valence-electron chi connectivity index (χ3n) is 3.52. The number of nitrogens with one attached hydrogen (secondary N) is 1. The van der Waals surface area contributed by atoms with Crippen molar-refractivity contribution in [3.63, 3.8) is 0 Å². The summed E-state index contributed by atoms with van der Waals surface area (Å²) in [6, 6.07) is 8.77. The van der Waals surface area contributed by atoms with Crippen LogP contribution in [0, 0.1) is 11.3 Å². The van der Waals surface area contributed by atoms with Crippen LogP contribution in [0.3, 0.4) is 0 Å². The van der Waals surface area contributed by atoms with Gasteiger partial charge in [-0.2, -0.15) is 5.26 Å². The molecule has 5 nitrogen and oxygen atoms in total. The normalized spacial score (nSPS) is 16.4. The molecule has 106 valence electrons. The highest BCUT2D eigenvalue weighted by Gasteiger charge is 2.31. The minimum atomic E-state index is -0.764. The molecule has 0 spiro atoms. The fourth-order valence-corrected chi connectivity index (χ4v) is 2.35. The van der Waals surface area contributed by atoms with Crippen molar-refractivity contribution in [1.29, 1.82) is 5.26 Å². The van der Waals surface area contributed by atoms with Crippen molar-refractivity contribution in [3.8, 4) is 11.8 Å². The fourth-order valence-electron chi connectivity index (χ4n) is 2.35. The van der Waals surface area contributed by atoms with E-state index < -0.39 is 5.60 Å². The summed E-state index contributed by atoms with van der Waals surface area (Å²) in [4.78, 5) is 11.7. The summed E-state index contributed by atoms with van der Waals surface area (Å²) in [5.74, 6) is 0.0998. The van der Waals surface area contributed by atoms with Gasteiger partial charge in [0.25, 0.3) is 5.91 Å². The largest absolute Gasteiger partial charge is 0.482 e. The van der Waals surface area contributed by atoms with Gasteiger partial charge in [-0.1, -0.05) is 25.0 Å². The minimum absolute atomic E-state index is 0.158. The Morgan fingerprint density at radius 1 is 1.40 bits per heavy atom. The van der Waals surface area contributed by atoms with Crippen molar-refractivity contribution in [2.45, 2.75) is 31.3 Å². The van der Waals surface area contributed by atoms with Crippen LogP contribution < -0.4 is 10.1 Å². The number of hydrogen-bond acceptors (Lipinski definition) is 4. The Hall–Kier alpha value is -2.06. The Bertz CT molecular complexity index is 516. The van der Waals surface area contributed by atoms with Gasteiger partial charge in [0.2, 0.25) is 0 Å². The van der Waals surface area contributed by atoms with Crippen LogP contribution in [0.4, 0.5) is 0 Å². The van der Waals surface area contributed by atoms with E-state index in [9.17, 15) is 9.90 Å². The van der Waals surface area contributed by atoms with E-state index in [2.05, 4.69) is 5.32 Å². The third-order valence-corrected chi connectivity index (χ3v) is 3.52. The first-order chi connectivity index (χ1) is 9.63. The summed E-state index contributed by atoms with van der Waals surface area (Å²) in [7, 11) is 0. The average molecular weight is 274 g/mol. The molecule has 1 aromatic carbocycles. The van der Waals surface area contributed by atoms with Gasteiger partial charge in [0, 0.05) is 6.54 Å². The summed E-state index contributed by atoms with van der Waals surface area (Å²) in [6.45, 7) is 0.101. The van der Waals surface area contributed by atoms with E-state index in [4.69, 9.17) is 10.00 Å². The molecule has 1 aromatic rings. The van der Waals surface area contributed by atoms with Crippen molar-refractivity contribution in [3.05, 3.63) is 29.8 Å². The van der Waals surface area contributed by atoms with Gasteiger partial charge < -0.3 is 15.2 Å². The van der Waals surface area contributed by atoms with E-state index in [0.717, 1.165) is 25.7 Å². The molecule has 1 aliphatic rings. The van der Waals surface area contributed by atoms with Crippen LogP contribution in [0.1, 0.15) is 31.2 Å². The van der Waals surface area contributed by atoms with Gasteiger partial charge in [-0.25, -0.2) is 0 Å². The van der Waals surface area contributed by atoms with E-state index in [1.807, 2.05) is 6.07 Å². The van der Waals surface area contributed by atoms with Crippen molar-refractivity contribution in [2.24, 2.45) is 0 Å². The number of amides is 1. The van der Waals surface area contributed by atoms with Gasteiger partial charge in [0.1, 0.15) is 11.8 Å². The van der Waals surface area contributed by atoms with E-state index >= 15 is 0 Å². The van der Waals surface area contributed by atoms with Crippen molar-refractivity contribution < 1.29 is 14.6 Å². The predicted octanol–water partition coefficient (Wildman–Crippen LogP) is 1.36. The molecule has 1 amide bonds. The summed E-state index contributed by atoms with van der Waals surface area (Å²) in [5.41, 5.74) is -0.366. The highest BCUT2D eigenvalue weighted by molar-refractivity contribution is 5.77. The van der Waals surface area contributed by atoms with Crippen molar-refractivity contribution >= 4 is 5.91 Å². The number of nitrogens with zero attached hydrogens (tertiary/aromatic N) is 1. The van der Waals surface area contributed by atoms with E-state index in [1.165, 1.54) is 0 Å². The average Bonchev–Trinajstić information content (AvgIpc) is 2.90. The van der Waals surface area contributed by atoms with Gasteiger partial charge in [0.05, 0.1) is 11.2 Å².